The third kappa shape index (κ3) is 4.53. The molecule has 1 heterocycles. The van der Waals surface area contributed by atoms with Crippen molar-refractivity contribution in [3.8, 4) is 0 Å². The van der Waals surface area contributed by atoms with E-state index in [1.54, 1.807) is 4.90 Å². The van der Waals surface area contributed by atoms with Crippen LogP contribution in [0.15, 0.2) is 12.4 Å². The Morgan fingerprint density at radius 3 is 2.47 bits per heavy atom. The Morgan fingerprint density at radius 2 is 2.05 bits per heavy atom. The molecule has 0 aromatic carbocycles. The van der Waals surface area contributed by atoms with Crippen molar-refractivity contribution >= 4 is 17.7 Å². The van der Waals surface area contributed by atoms with Crippen LogP contribution in [0.1, 0.15) is 24.3 Å². The Morgan fingerprint density at radius 1 is 1.37 bits per heavy atom. The molecule has 1 aromatic heterocycles. The second-order valence-electron chi connectivity index (χ2n) is 4.49. The molecule has 1 amide bonds. The zero-order valence-corrected chi connectivity index (χ0v) is 11.3. The lowest BCUT2D eigenvalue weighted by Crippen LogP contribution is -2.36. The molecule has 0 unspecified atom stereocenters. The molecule has 19 heavy (non-hydrogen) atoms. The zero-order valence-electron chi connectivity index (χ0n) is 11.3. The highest BCUT2D eigenvalue weighted by atomic mass is 16.5. The summed E-state index contributed by atoms with van der Waals surface area (Å²) in [6, 6.07) is 0. The van der Waals surface area contributed by atoms with Gasteiger partial charge in [0.05, 0.1) is 26.0 Å². The number of carbonyl (C=O) groups excluding carboxylic acids is 2. The van der Waals surface area contributed by atoms with E-state index in [0.29, 0.717) is 18.3 Å². The summed E-state index contributed by atoms with van der Waals surface area (Å²) >= 11 is 0. The molecular weight excluding hydrogens is 248 g/mol. The first-order valence-corrected chi connectivity index (χ1v) is 5.87. The molecule has 1 rings (SSSR count). The van der Waals surface area contributed by atoms with Gasteiger partial charge in [-0.05, 0) is 5.92 Å². The molecule has 0 atom stereocenters. The highest BCUT2D eigenvalue weighted by molar-refractivity contribution is 5.86. The maximum atomic E-state index is 11.2. The normalized spacial score (nSPS) is 10.3. The summed E-state index contributed by atoms with van der Waals surface area (Å²) in [6.45, 7) is 4.72. The summed E-state index contributed by atoms with van der Waals surface area (Å²) in [5.74, 6) is -0.162. The topological polar surface area (TPSA) is 98.4 Å². The lowest BCUT2D eigenvalue weighted by atomic mass is 10.2. The van der Waals surface area contributed by atoms with E-state index in [2.05, 4.69) is 14.7 Å². The van der Waals surface area contributed by atoms with Crippen molar-refractivity contribution in [2.24, 2.45) is 11.7 Å². The second kappa shape index (κ2) is 6.67. The average molecular weight is 266 g/mol. The molecule has 0 aliphatic heterocycles. The largest absolute Gasteiger partial charge is 0.464 e. The van der Waals surface area contributed by atoms with Crippen LogP contribution in [-0.2, 0) is 9.53 Å². The van der Waals surface area contributed by atoms with E-state index in [0.717, 1.165) is 0 Å². The minimum absolute atomic E-state index is 0.0600. The molecule has 7 heteroatoms. The molecular formula is C12H18N4O3. The summed E-state index contributed by atoms with van der Waals surface area (Å²) in [7, 11) is 1.27. The summed E-state index contributed by atoms with van der Waals surface area (Å²) in [5.41, 5.74) is 5.32. The fourth-order valence-corrected chi connectivity index (χ4v) is 1.56. The van der Waals surface area contributed by atoms with Gasteiger partial charge in [-0.3, -0.25) is 4.79 Å². The highest BCUT2D eigenvalue weighted by Gasteiger charge is 2.14. The number of methoxy groups -OCH3 is 1. The maximum Gasteiger partial charge on any atom is 0.358 e. The van der Waals surface area contributed by atoms with Crippen LogP contribution in [-0.4, -0.2) is 42.0 Å². The number of esters is 1. The number of hydrogen-bond acceptors (Lipinski definition) is 6. The minimum Gasteiger partial charge on any atom is -0.464 e. The van der Waals surface area contributed by atoms with E-state index >= 15 is 0 Å². The number of aromatic nitrogens is 2. The van der Waals surface area contributed by atoms with Gasteiger partial charge < -0.3 is 15.4 Å². The molecule has 104 valence electrons. The van der Waals surface area contributed by atoms with Gasteiger partial charge in [-0.25, -0.2) is 14.8 Å². The number of rotatable bonds is 6. The lowest BCUT2D eigenvalue weighted by molar-refractivity contribution is -0.116. The molecule has 0 saturated carbocycles. The van der Waals surface area contributed by atoms with Crippen LogP contribution >= 0.6 is 0 Å². The number of anilines is 1. The van der Waals surface area contributed by atoms with E-state index in [-0.39, 0.29) is 12.2 Å². The molecule has 0 aliphatic carbocycles. The fourth-order valence-electron chi connectivity index (χ4n) is 1.56. The number of amides is 1. The van der Waals surface area contributed by atoms with Gasteiger partial charge in [-0.2, -0.15) is 0 Å². The molecule has 0 spiro atoms. The van der Waals surface area contributed by atoms with Crippen LogP contribution in [0, 0.1) is 5.92 Å². The Bertz CT molecular complexity index is 445. The molecule has 0 aliphatic rings. The highest BCUT2D eigenvalue weighted by Crippen LogP contribution is 2.11. The third-order valence-electron chi connectivity index (χ3n) is 2.29. The molecule has 2 N–H and O–H groups in total. The van der Waals surface area contributed by atoms with E-state index in [1.165, 1.54) is 19.5 Å². The lowest BCUT2D eigenvalue weighted by Gasteiger charge is -2.23. The van der Waals surface area contributed by atoms with E-state index in [9.17, 15) is 9.59 Å². The first kappa shape index (κ1) is 14.9. The Hall–Kier alpha value is -2.18. The van der Waals surface area contributed by atoms with Gasteiger partial charge in [0.25, 0.3) is 0 Å². The van der Waals surface area contributed by atoms with Crippen LogP contribution in [0.5, 0.6) is 0 Å². The van der Waals surface area contributed by atoms with Crippen molar-refractivity contribution in [2.45, 2.75) is 13.8 Å². The number of hydrogen-bond donors (Lipinski definition) is 1. The van der Waals surface area contributed by atoms with Gasteiger partial charge >= 0.3 is 5.97 Å². The SMILES string of the molecule is COC(=O)c1cnc(N(CC(N)=O)CC(C)C)cn1. The molecule has 7 nitrogen and oxygen atoms in total. The second-order valence-corrected chi connectivity index (χ2v) is 4.49. The molecule has 0 bridgehead atoms. The van der Waals surface area contributed by atoms with E-state index in [4.69, 9.17) is 5.73 Å². The fraction of sp³-hybridized carbons (Fsp3) is 0.500. The predicted molar refractivity (Wildman–Crippen MR) is 69.6 cm³/mol. The van der Waals surface area contributed by atoms with Gasteiger partial charge in [-0.15, -0.1) is 0 Å². The first-order valence-electron chi connectivity index (χ1n) is 5.87. The number of primary amides is 1. The number of carbonyl (C=O) groups is 2. The van der Waals surface area contributed by atoms with Crippen molar-refractivity contribution in [3.05, 3.63) is 18.1 Å². The Labute approximate surface area is 111 Å². The van der Waals surface area contributed by atoms with Gasteiger partial charge in [0.1, 0.15) is 5.82 Å². The number of nitrogens with two attached hydrogens (primary N) is 1. The zero-order chi connectivity index (χ0) is 14.4. The van der Waals surface area contributed by atoms with Crippen molar-refractivity contribution in [3.63, 3.8) is 0 Å². The van der Waals surface area contributed by atoms with Gasteiger partial charge in [-0.1, -0.05) is 13.8 Å². The van der Waals surface area contributed by atoms with E-state index in [1.807, 2.05) is 13.8 Å². The Balaban J connectivity index is 2.90. The first-order chi connectivity index (χ1) is 8.93. The van der Waals surface area contributed by atoms with Gasteiger partial charge in [0.15, 0.2) is 5.69 Å². The van der Waals surface area contributed by atoms with Crippen LogP contribution in [0.3, 0.4) is 0 Å². The van der Waals surface area contributed by atoms with Gasteiger partial charge in [0.2, 0.25) is 5.91 Å². The average Bonchev–Trinajstić information content (AvgIpc) is 2.36. The molecule has 0 fully saturated rings. The third-order valence-corrected chi connectivity index (χ3v) is 2.29. The number of nitrogens with zero attached hydrogens (tertiary/aromatic N) is 3. The summed E-state index contributed by atoms with van der Waals surface area (Å²) in [5, 5.41) is 0. The predicted octanol–water partition coefficient (Wildman–Crippen LogP) is 0.211. The van der Waals surface area contributed by atoms with Crippen molar-refractivity contribution in [2.75, 3.05) is 25.1 Å². The Kier molecular flexibility index (Phi) is 5.23. The van der Waals surface area contributed by atoms with Crippen molar-refractivity contribution < 1.29 is 14.3 Å². The quantitative estimate of drug-likeness (QED) is 0.739. The van der Waals surface area contributed by atoms with Crippen molar-refractivity contribution in [1.82, 2.24) is 9.97 Å². The molecule has 1 aromatic rings. The smallest absolute Gasteiger partial charge is 0.358 e. The summed E-state index contributed by atoms with van der Waals surface area (Å²) in [6.07, 6.45) is 2.74. The van der Waals surface area contributed by atoms with Crippen LogP contribution in [0.25, 0.3) is 0 Å². The monoisotopic (exact) mass is 266 g/mol. The standard InChI is InChI=1S/C12H18N4O3/c1-8(2)6-16(7-10(13)17)11-5-14-9(4-15-11)12(18)19-3/h4-5,8H,6-7H2,1-3H3,(H2,13,17). The molecule has 0 radical (unpaired) electrons. The minimum atomic E-state index is -0.552. The summed E-state index contributed by atoms with van der Waals surface area (Å²) < 4.78 is 4.54. The summed E-state index contributed by atoms with van der Waals surface area (Å²) in [4.78, 5) is 32.1. The van der Waals surface area contributed by atoms with Crippen molar-refractivity contribution in [1.29, 1.82) is 0 Å². The van der Waals surface area contributed by atoms with Crippen LogP contribution < -0.4 is 10.6 Å². The maximum absolute atomic E-state index is 11.2. The van der Waals surface area contributed by atoms with E-state index < -0.39 is 11.9 Å². The van der Waals surface area contributed by atoms with Gasteiger partial charge in [0, 0.05) is 6.54 Å². The number of ether oxygens (including phenoxy) is 1. The van der Waals surface area contributed by atoms with Crippen LogP contribution in [0.4, 0.5) is 5.82 Å². The van der Waals surface area contributed by atoms with Crippen LogP contribution in [0.2, 0.25) is 0 Å². The molecule has 0 saturated heterocycles.